The van der Waals surface area contributed by atoms with Gasteiger partial charge in [0.05, 0.1) is 20.8 Å². The first kappa shape index (κ1) is 13.9. The maximum Gasteiger partial charge on any atom is 0.377 e. The molecule has 2 aromatic rings. The van der Waals surface area contributed by atoms with Gasteiger partial charge in [0.15, 0.2) is 11.5 Å². The quantitative estimate of drug-likeness (QED) is 0.737. The van der Waals surface area contributed by atoms with E-state index in [0.717, 1.165) is 0 Å². The normalized spacial score (nSPS) is 10.1. The van der Waals surface area contributed by atoms with Crippen LogP contribution < -0.4 is 9.47 Å². The van der Waals surface area contributed by atoms with Crippen molar-refractivity contribution in [1.29, 1.82) is 0 Å². The van der Waals surface area contributed by atoms with Crippen molar-refractivity contribution in [1.82, 2.24) is 14.8 Å². The predicted octanol–water partition coefficient (Wildman–Crippen LogP) is 1.15. The maximum atomic E-state index is 11.2. The largest absolute Gasteiger partial charge is 0.493 e. The van der Waals surface area contributed by atoms with Crippen LogP contribution in [0.4, 0.5) is 0 Å². The summed E-state index contributed by atoms with van der Waals surface area (Å²) in [6, 6.07) is 7.37. The van der Waals surface area contributed by atoms with Crippen LogP contribution in [0, 0.1) is 0 Å². The molecule has 0 aliphatic carbocycles. The fourth-order valence-corrected chi connectivity index (χ4v) is 1.57. The topological polar surface area (TPSA) is 75.5 Å². The number of hydrogen-bond donors (Lipinski definition) is 0. The number of carbonyl (C=O) groups is 1. The minimum atomic E-state index is -0.561. The molecule has 1 aromatic heterocycles. The Balaban J connectivity index is 1.89. The van der Waals surface area contributed by atoms with Crippen molar-refractivity contribution in [3.63, 3.8) is 0 Å². The SMILES string of the molecule is COC(=O)c1ncn(CCOc2ccccc2OC)n1. The molecular weight excluding hydrogens is 262 g/mol. The number of nitrogens with zero attached hydrogens (tertiary/aromatic N) is 3. The summed E-state index contributed by atoms with van der Waals surface area (Å²) in [6.07, 6.45) is 1.46. The minimum Gasteiger partial charge on any atom is -0.493 e. The Bertz CT molecular complexity index is 583. The lowest BCUT2D eigenvalue weighted by molar-refractivity contribution is 0.0586. The summed E-state index contributed by atoms with van der Waals surface area (Å²) >= 11 is 0. The van der Waals surface area contributed by atoms with Gasteiger partial charge in [-0.05, 0) is 12.1 Å². The lowest BCUT2D eigenvalue weighted by Crippen LogP contribution is -2.11. The number of hydrogen-bond acceptors (Lipinski definition) is 6. The number of esters is 1. The molecule has 1 aromatic carbocycles. The summed E-state index contributed by atoms with van der Waals surface area (Å²) < 4.78 is 16.8. The Labute approximate surface area is 116 Å². The highest BCUT2D eigenvalue weighted by atomic mass is 16.5. The van der Waals surface area contributed by atoms with E-state index in [-0.39, 0.29) is 5.82 Å². The highest BCUT2D eigenvalue weighted by Crippen LogP contribution is 2.25. The van der Waals surface area contributed by atoms with Crippen LogP contribution in [-0.2, 0) is 11.3 Å². The van der Waals surface area contributed by atoms with Gasteiger partial charge in [0, 0.05) is 0 Å². The average Bonchev–Trinajstić information content (AvgIpc) is 2.96. The Hall–Kier alpha value is -2.57. The lowest BCUT2D eigenvalue weighted by atomic mass is 10.3. The molecule has 0 amide bonds. The minimum absolute atomic E-state index is 0.0322. The fraction of sp³-hybridized carbons (Fsp3) is 0.308. The van der Waals surface area contributed by atoms with Gasteiger partial charge in [-0.3, -0.25) is 0 Å². The molecule has 0 N–H and O–H groups in total. The standard InChI is InChI=1S/C13H15N3O4/c1-18-10-5-3-4-6-11(10)20-8-7-16-9-14-12(15-16)13(17)19-2/h3-6,9H,7-8H2,1-2H3. The van der Waals surface area contributed by atoms with Crippen molar-refractivity contribution >= 4 is 5.97 Å². The molecule has 0 aliphatic rings. The van der Waals surface area contributed by atoms with Crippen LogP contribution in [0.1, 0.15) is 10.6 Å². The number of carbonyl (C=O) groups excluding carboxylic acids is 1. The molecule has 0 spiro atoms. The Kier molecular flexibility index (Phi) is 4.54. The van der Waals surface area contributed by atoms with E-state index in [2.05, 4.69) is 14.8 Å². The van der Waals surface area contributed by atoms with E-state index in [1.807, 2.05) is 24.3 Å². The summed E-state index contributed by atoms with van der Waals surface area (Å²) in [5.41, 5.74) is 0. The van der Waals surface area contributed by atoms with Crippen LogP contribution in [0.15, 0.2) is 30.6 Å². The molecule has 2 rings (SSSR count). The Morgan fingerprint density at radius 3 is 2.70 bits per heavy atom. The number of benzene rings is 1. The predicted molar refractivity (Wildman–Crippen MR) is 69.9 cm³/mol. The number of para-hydroxylation sites is 2. The van der Waals surface area contributed by atoms with Crippen LogP contribution in [-0.4, -0.2) is 41.6 Å². The second-order valence-electron chi connectivity index (χ2n) is 3.82. The molecule has 0 fully saturated rings. The molecular formula is C13H15N3O4. The van der Waals surface area contributed by atoms with Crippen LogP contribution in [0.2, 0.25) is 0 Å². The average molecular weight is 277 g/mol. The monoisotopic (exact) mass is 277 g/mol. The Morgan fingerprint density at radius 2 is 2.00 bits per heavy atom. The van der Waals surface area contributed by atoms with E-state index < -0.39 is 5.97 Å². The molecule has 106 valence electrons. The summed E-state index contributed by atoms with van der Waals surface area (Å²) in [5, 5.41) is 3.97. The molecule has 0 aliphatic heterocycles. The molecule has 7 nitrogen and oxygen atoms in total. The molecule has 0 atom stereocenters. The number of methoxy groups -OCH3 is 2. The van der Waals surface area contributed by atoms with Gasteiger partial charge in [-0.2, -0.15) is 0 Å². The van der Waals surface area contributed by atoms with Crippen LogP contribution in [0.5, 0.6) is 11.5 Å². The van der Waals surface area contributed by atoms with Crippen molar-refractivity contribution in [2.45, 2.75) is 6.54 Å². The molecule has 7 heteroatoms. The second-order valence-corrected chi connectivity index (χ2v) is 3.82. The van der Waals surface area contributed by atoms with Gasteiger partial charge in [0.1, 0.15) is 12.9 Å². The van der Waals surface area contributed by atoms with Gasteiger partial charge in [-0.15, -0.1) is 5.10 Å². The number of rotatable bonds is 6. The van der Waals surface area contributed by atoms with E-state index >= 15 is 0 Å². The van der Waals surface area contributed by atoms with Crippen molar-refractivity contribution in [3.8, 4) is 11.5 Å². The van der Waals surface area contributed by atoms with Gasteiger partial charge in [-0.1, -0.05) is 12.1 Å². The van der Waals surface area contributed by atoms with E-state index in [9.17, 15) is 4.79 Å². The third-order valence-corrected chi connectivity index (χ3v) is 2.55. The summed E-state index contributed by atoms with van der Waals surface area (Å²) in [7, 11) is 2.87. The lowest BCUT2D eigenvalue weighted by Gasteiger charge is -2.09. The Morgan fingerprint density at radius 1 is 1.25 bits per heavy atom. The zero-order valence-electron chi connectivity index (χ0n) is 11.3. The van der Waals surface area contributed by atoms with E-state index in [4.69, 9.17) is 9.47 Å². The summed E-state index contributed by atoms with van der Waals surface area (Å²) in [4.78, 5) is 15.0. The number of aromatic nitrogens is 3. The molecule has 0 unspecified atom stereocenters. The smallest absolute Gasteiger partial charge is 0.377 e. The van der Waals surface area contributed by atoms with Gasteiger partial charge < -0.3 is 14.2 Å². The second kappa shape index (κ2) is 6.55. The molecule has 0 saturated heterocycles. The first-order valence-electron chi connectivity index (χ1n) is 5.98. The highest BCUT2D eigenvalue weighted by molar-refractivity contribution is 5.84. The van der Waals surface area contributed by atoms with E-state index in [1.54, 1.807) is 7.11 Å². The molecule has 0 saturated carbocycles. The van der Waals surface area contributed by atoms with Gasteiger partial charge >= 0.3 is 5.97 Å². The van der Waals surface area contributed by atoms with Crippen molar-refractivity contribution < 1.29 is 19.0 Å². The van der Waals surface area contributed by atoms with E-state index in [0.29, 0.717) is 24.7 Å². The highest BCUT2D eigenvalue weighted by Gasteiger charge is 2.11. The zero-order valence-corrected chi connectivity index (χ0v) is 11.3. The van der Waals surface area contributed by atoms with Gasteiger partial charge in [0.25, 0.3) is 5.82 Å². The van der Waals surface area contributed by atoms with Crippen LogP contribution >= 0.6 is 0 Å². The maximum absolute atomic E-state index is 11.2. The zero-order chi connectivity index (χ0) is 14.4. The molecule has 0 bridgehead atoms. The fourth-order valence-electron chi connectivity index (χ4n) is 1.57. The van der Waals surface area contributed by atoms with E-state index in [1.165, 1.54) is 18.1 Å². The number of ether oxygens (including phenoxy) is 3. The molecule has 0 radical (unpaired) electrons. The first-order valence-corrected chi connectivity index (χ1v) is 5.98. The summed E-state index contributed by atoms with van der Waals surface area (Å²) in [5.74, 6) is 0.795. The summed E-state index contributed by atoms with van der Waals surface area (Å²) in [6.45, 7) is 0.840. The van der Waals surface area contributed by atoms with Crippen molar-refractivity contribution in [3.05, 3.63) is 36.4 Å². The molecule has 1 heterocycles. The molecule has 20 heavy (non-hydrogen) atoms. The van der Waals surface area contributed by atoms with Gasteiger partial charge in [-0.25, -0.2) is 14.5 Å². The van der Waals surface area contributed by atoms with Crippen LogP contribution in [0.3, 0.4) is 0 Å². The third-order valence-electron chi connectivity index (χ3n) is 2.55. The first-order chi connectivity index (χ1) is 9.74. The van der Waals surface area contributed by atoms with Crippen molar-refractivity contribution in [2.75, 3.05) is 20.8 Å². The van der Waals surface area contributed by atoms with Crippen LogP contribution in [0.25, 0.3) is 0 Å². The van der Waals surface area contributed by atoms with Gasteiger partial charge in [0.2, 0.25) is 0 Å². The third kappa shape index (κ3) is 3.25. The van der Waals surface area contributed by atoms with Crippen molar-refractivity contribution in [2.24, 2.45) is 0 Å².